The lowest BCUT2D eigenvalue weighted by Gasteiger charge is -2.09. The van der Waals surface area contributed by atoms with Gasteiger partial charge in [0.2, 0.25) is 0 Å². The van der Waals surface area contributed by atoms with E-state index in [1.807, 2.05) is 44.3 Å². The Morgan fingerprint density at radius 3 is 2.76 bits per heavy atom. The van der Waals surface area contributed by atoms with Gasteiger partial charge in [0.15, 0.2) is 11.5 Å². The highest BCUT2D eigenvalue weighted by Gasteiger charge is 2.10. The summed E-state index contributed by atoms with van der Waals surface area (Å²) in [5, 5.41) is 4.09. The van der Waals surface area contributed by atoms with Crippen molar-refractivity contribution in [3.05, 3.63) is 53.2 Å². The third kappa shape index (κ3) is 4.52. The van der Waals surface area contributed by atoms with E-state index in [1.165, 1.54) is 5.56 Å². The Morgan fingerprint density at radius 2 is 2.04 bits per heavy atom. The summed E-state index contributed by atoms with van der Waals surface area (Å²) in [6, 6.07) is 10.1. The van der Waals surface area contributed by atoms with Crippen LogP contribution < -0.4 is 9.47 Å². The average Bonchev–Trinajstić information content (AvgIpc) is 3.11. The maximum Gasteiger partial charge on any atom is 0.161 e. The van der Waals surface area contributed by atoms with Gasteiger partial charge in [0, 0.05) is 22.9 Å². The van der Waals surface area contributed by atoms with Crippen LogP contribution in [0.5, 0.6) is 11.5 Å². The summed E-state index contributed by atoms with van der Waals surface area (Å²) < 4.78 is 11.0. The van der Waals surface area contributed by atoms with Crippen molar-refractivity contribution in [2.45, 2.75) is 24.6 Å². The number of hydrogen-bond donors (Lipinski definition) is 0. The third-order valence-corrected chi connectivity index (χ3v) is 5.43. The van der Waals surface area contributed by atoms with Crippen molar-refractivity contribution in [3.63, 3.8) is 0 Å². The van der Waals surface area contributed by atoms with Crippen LogP contribution in [0.15, 0.2) is 46.9 Å². The standard InChI is InChI=1S/C19H20N2O2S2/c1-4-23-16-7-6-14(9-17(16)22-3)19-21-15(12-25-19)11-24-18-8-5-13(2)10-20-18/h5-10,12H,4,11H2,1-3H3. The Morgan fingerprint density at radius 1 is 1.16 bits per heavy atom. The molecule has 0 aliphatic carbocycles. The molecule has 3 rings (SSSR count). The van der Waals surface area contributed by atoms with Crippen molar-refractivity contribution in [3.8, 4) is 22.1 Å². The van der Waals surface area contributed by atoms with Gasteiger partial charge in [-0.25, -0.2) is 9.97 Å². The molecule has 6 heteroatoms. The number of thiazole rings is 1. The highest BCUT2D eigenvalue weighted by Crippen LogP contribution is 2.34. The second kappa shape index (κ2) is 8.36. The van der Waals surface area contributed by atoms with Crippen LogP contribution in [0.3, 0.4) is 0 Å². The van der Waals surface area contributed by atoms with Gasteiger partial charge in [-0.2, -0.15) is 0 Å². The van der Waals surface area contributed by atoms with Crippen LogP contribution in [-0.2, 0) is 5.75 Å². The highest BCUT2D eigenvalue weighted by molar-refractivity contribution is 7.98. The minimum absolute atomic E-state index is 0.612. The number of nitrogens with zero attached hydrogens (tertiary/aromatic N) is 2. The van der Waals surface area contributed by atoms with Crippen molar-refractivity contribution >= 4 is 23.1 Å². The average molecular weight is 373 g/mol. The van der Waals surface area contributed by atoms with Gasteiger partial charge in [-0.3, -0.25) is 0 Å². The molecule has 1 aromatic carbocycles. The first-order valence-corrected chi connectivity index (χ1v) is 9.87. The minimum Gasteiger partial charge on any atom is -0.493 e. The van der Waals surface area contributed by atoms with Crippen molar-refractivity contribution < 1.29 is 9.47 Å². The molecule has 2 heterocycles. The number of benzene rings is 1. The quantitative estimate of drug-likeness (QED) is 0.533. The van der Waals surface area contributed by atoms with Gasteiger partial charge in [0.1, 0.15) is 5.01 Å². The molecule has 0 saturated heterocycles. The smallest absolute Gasteiger partial charge is 0.161 e. The molecule has 0 N–H and O–H groups in total. The first-order valence-electron chi connectivity index (χ1n) is 8.00. The molecule has 0 fully saturated rings. The van der Waals surface area contributed by atoms with Crippen LogP contribution in [0.1, 0.15) is 18.2 Å². The highest BCUT2D eigenvalue weighted by atomic mass is 32.2. The normalized spacial score (nSPS) is 10.7. The Bertz CT molecular complexity index is 832. The molecular weight excluding hydrogens is 352 g/mol. The van der Waals surface area contributed by atoms with Crippen molar-refractivity contribution in [2.24, 2.45) is 0 Å². The lowest BCUT2D eigenvalue weighted by atomic mass is 10.2. The van der Waals surface area contributed by atoms with Gasteiger partial charge >= 0.3 is 0 Å². The van der Waals surface area contributed by atoms with Crippen LogP contribution in [0, 0.1) is 6.92 Å². The topological polar surface area (TPSA) is 44.2 Å². The summed E-state index contributed by atoms with van der Waals surface area (Å²) in [7, 11) is 1.65. The summed E-state index contributed by atoms with van der Waals surface area (Å²) >= 11 is 3.33. The fourth-order valence-corrected chi connectivity index (χ4v) is 3.93. The lowest BCUT2D eigenvalue weighted by Crippen LogP contribution is -1.95. The zero-order valence-electron chi connectivity index (χ0n) is 14.5. The number of methoxy groups -OCH3 is 1. The van der Waals surface area contributed by atoms with Crippen LogP contribution >= 0.6 is 23.1 Å². The molecule has 25 heavy (non-hydrogen) atoms. The maximum atomic E-state index is 5.57. The number of thioether (sulfide) groups is 1. The van der Waals surface area contributed by atoms with E-state index >= 15 is 0 Å². The molecular formula is C19H20N2O2S2. The van der Waals surface area contributed by atoms with Crippen molar-refractivity contribution in [1.82, 2.24) is 9.97 Å². The second-order valence-corrected chi connectivity index (χ2v) is 7.26. The van der Waals surface area contributed by atoms with Gasteiger partial charge < -0.3 is 9.47 Å². The first kappa shape index (κ1) is 17.8. The molecule has 0 unspecified atom stereocenters. The number of aryl methyl sites for hydroxylation is 1. The predicted molar refractivity (Wildman–Crippen MR) is 104 cm³/mol. The molecule has 0 aliphatic heterocycles. The summed E-state index contributed by atoms with van der Waals surface area (Å²) in [6.07, 6.45) is 1.89. The van der Waals surface area contributed by atoms with E-state index < -0.39 is 0 Å². The molecule has 2 aromatic heterocycles. The SMILES string of the molecule is CCOc1ccc(-c2nc(CSc3ccc(C)cn3)cs2)cc1OC. The van der Waals surface area contributed by atoms with Crippen molar-refractivity contribution in [1.29, 1.82) is 0 Å². The molecule has 4 nitrogen and oxygen atoms in total. The van der Waals surface area contributed by atoms with Crippen molar-refractivity contribution in [2.75, 3.05) is 13.7 Å². The van der Waals surface area contributed by atoms with Gasteiger partial charge in [-0.05, 0) is 43.7 Å². The number of hydrogen-bond acceptors (Lipinski definition) is 6. The fourth-order valence-electron chi connectivity index (χ4n) is 2.27. The van der Waals surface area contributed by atoms with E-state index in [0.717, 1.165) is 38.5 Å². The van der Waals surface area contributed by atoms with E-state index in [2.05, 4.69) is 16.4 Å². The number of ether oxygens (including phenoxy) is 2. The van der Waals surface area contributed by atoms with E-state index in [4.69, 9.17) is 14.5 Å². The molecule has 0 bridgehead atoms. The Labute approximate surface area is 156 Å². The van der Waals surface area contributed by atoms with E-state index in [9.17, 15) is 0 Å². The molecule has 130 valence electrons. The minimum atomic E-state index is 0.612. The molecule has 0 atom stereocenters. The molecule has 0 saturated carbocycles. The van der Waals surface area contributed by atoms with Crippen LogP contribution in [-0.4, -0.2) is 23.7 Å². The molecule has 0 spiro atoms. The van der Waals surface area contributed by atoms with Crippen LogP contribution in [0.4, 0.5) is 0 Å². The Balaban J connectivity index is 1.71. The van der Waals surface area contributed by atoms with Gasteiger partial charge in [-0.15, -0.1) is 23.1 Å². The van der Waals surface area contributed by atoms with Crippen LogP contribution in [0.25, 0.3) is 10.6 Å². The number of pyridine rings is 1. The Hall–Kier alpha value is -2.05. The molecule has 0 aliphatic rings. The van der Waals surface area contributed by atoms with E-state index in [1.54, 1.807) is 30.2 Å². The van der Waals surface area contributed by atoms with Crippen LogP contribution in [0.2, 0.25) is 0 Å². The second-order valence-electron chi connectivity index (χ2n) is 5.41. The van der Waals surface area contributed by atoms with Gasteiger partial charge in [0.25, 0.3) is 0 Å². The van der Waals surface area contributed by atoms with Gasteiger partial charge in [0.05, 0.1) is 24.4 Å². The molecule has 0 radical (unpaired) electrons. The van der Waals surface area contributed by atoms with E-state index in [0.29, 0.717) is 6.61 Å². The van der Waals surface area contributed by atoms with E-state index in [-0.39, 0.29) is 0 Å². The number of aromatic nitrogens is 2. The summed E-state index contributed by atoms with van der Waals surface area (Å²) in [6.45, 7) is 4.61. The fraction of sp³-hybridized carbons (Fsp3) is 0.263. The van der Waals surface area contributed by atoms with Gasteiger partial charge in [-0.1, -0.05) is 6.07 Å². The zero-order chi connectivity index (χ0) is 17.6. The lowest BCUT2D eigenvalue weighted by molar-refractivity contribution is 0.311. The largest absolute Gasteiger partial charge is 0.493 e. The number of rotatable bonds is 7. The summed E-state index contributed by atoms with van der Waals surface area (Å²) in [5.41, 5.74) is 3.26. The molecule has 3 aromatic rings. The monoisotopic (exact) mass is 372 g/mol. The zero-order valence-corrected chi connectivity index (χ0v) is 16.1. The maximum absolute atomic E-state index is 5.57. The first-order chi connectivity index (χ1) is 12.2. The predicted octanol–water partition coefficient (Wildman–Crippen LogP) is 5.21. The molecule has 0 amide bonds. The summed E-state index contributed by atoms with van der Waals surface area (Å²) in [5.74, 6) is 2.29. The Kier molecular flexibility index (Phi) is 5.94. The third-order valence-electron chi connectivity index (χ3n) is 3.51. The summed E-state index contributed by atoms with van der Waals surface area (Å²) in [4.78, 5) is 9.15.